The Bertz CT molecular complexity index is 955. The highest BCUT2D eigenvalue weighted by Gasteiger charge is 2.37. The van der Waals surface area contributed by atoms with Crippen molar-refractivity contribution in [1.82, 2.24) is 0 Å². The summed E-state index contributed by atoms with van der Waals surface area (Å²) in [6.07, 6.45) is 3.17. The van der Waals surface area contributed by atoms with Gasteiger partial charge in [0.1, 0.15) is 0 Å². The second-order valence-corrected chi connectivity index (χ2v) is 8.43. The zero-order valence-corrected chi connectivity index (χ0v) is 15.7. The zero-order chi connectivity index (χ0) is 18.2. The third-order valence-corrected chi connectivity index (χ3v) is 5.96. The van der Waals surface area contributed by atoms with Gasteiger partial charge in [0.15, 0.2) is 0 Å². The predicted molar refractivity (Wildman–Crippen MR) is 103 cm³/mol. The fourth-order valence-electron chi connectivity index (χ4n) is 3.25. The molecule has 130 valence electrons. The van der Waals surface area contributed by atoms with Gasteiger partial charge in [0, 0.05) is 30.1 Å². The van der Waals surface area contributed by atoms with Gasteiger partial charge < -0.3 is 4.90 Å². The Kier molecular flexibility index (Phi) is 4.29. The molecule has 0 N–H and O–H groups in total. The summed E-state index contributed by atoms with van der Waals surface area (Å²) in [7, 11) is -1.70. The number of anilines is 1. The number of hydrogen-bond acceptors (Lipinski definition) is 3. The van der Waals surface area contributed by atoms with Crippen LogP contribution in [0.5, 0.6) is 0 Å². The molecule has 0 bridgehead atoms. The second kappa shape index (κ2) is 6.15. The van der Waals surface area contributed by atoms with Crippen molar-refractivity contribution in [2.75, 3.05) is 11.9 Å². The normalized spacial score (nSPS) is 18.1. The molecule has 0 atom stereocenters. The van der Waals surface area contributed by atoms with Crippen LogP contribution >= 0.6 is 0 Å². The van der Waals surface area contributed by atoms with E-state index in [1.807, 2.05) is 26.1 Å². The van der Waals surface area contributed by atoms with Crippen molar-refractivity contribution in [3.8, 4) is 0 Å². The highest BCUT2D eigenvalue weighted by atomic mass is 32.2. The molecule has 2 aromatic carbocycles. The lowest BCUT2D eigenvalue weighted by molar-refractivity contribution is 0.598. The number of para-hydroxylation sites is 1. The highest BCUT2D eigenvalue weighted by molar-refractivity contribution is 7.90. The lowest BCUT2D eigenvalue weighted by Crippen LogP contribution is -2.23. The molecule has 0 aliphatic carbocycles. The average molecular weight is 354 g/mol. The van der Waals surface area contributed by atoms with Crippen LogP contribution in [0.4, 0.5) is 5.69 Å². The van der Waals surface area contributed by atoms with Crippen LogP contribution < -0.4 is 4.90 Å². The number of likely N-dealkylation sites (N-methyl/N-ethyl adjacent to an activating group) is 1. The molecule has 2 aromatic rings. The average Bonchev–Trinajstić information content (AvgIpc) is 2.76. The van der Waals surface area contributed by atoms with E-state index in [9.17, 15) is 8.42 Å². The first kappa shape index (κ1) is 17.4. The summed E-state index contributed by atoms with van der Waals surface area (Å²) in [6, 6.07) is 14.9. The molecule has 5 heteroatoms. The van der Waals surface area contributed by atoms with Gasteiger partial charge in [-0.05, 0) is 36.8 Å². The van der Waals surface area contributed by atoms with Crippen LogP contribution in [-0.2, 0) is 15.4 Å². The van der Waals surface area contributed by atoms with E-state index in [1.165, 1.54) is 11.8 Å². The molecule has 3 rings (SSSR count). The minimum atomic E-state index is -3.68. The Morgan fingerprint density at radius 2 is 1.68 bits per heavy atom. The van der Waals surface area contributed by atoms with Crippen molar-refractivity contribution < 1.29 is 8.42 Å². The van der Waals surface area contributed by atoms with Gasteiger partial charge in [0.2, 0.25) is 0 Å². The van der Waals surface area contributed by atoms with Crippen LogP contribution in [0.15, 0.2) is 69.6 Å². The van der Waals surface area contributed by atoms with Gasteiger partial charge >= 0.3 is 0 Å². The van der Waals surface area contributed by atoms with Crippen LogP contribution in [0.2, 0.25) is 0 Å². The first-order valence-electron chi connectivity index (χ1n) is 8.14. The van der Waals surface area contributed by atoms with Gasteiger partial charge in [-0.2, -0.15) is 12.8 Å². The Labute approximate surface area is 149 Å². The van der Waals surface area contributed by atoms with E-state index in [4.69, 9.17) is 0 Å². The van der Waals surface area contributed by atoms with E-state index in [1.54, 1.807) is 30.3 Å². The molecule has 1 heterocycles. The molecule has 1 aliphatic heterocycles. The Balaban J connectivity index is 1.92. The molecule has 0 unspecified atom stereocenters. The maximum absolute atomic E-state index is 12.3. The molecular formula is C20H22N2O2S. The van der Waals surface area contributed by atoms with E-state index >= 15 is 0 Å². The van der Waals surface area contributed by atoms with Gasteiger partial charge in [-0.15, -0.1) is 0 Å². The van der Waals surface area contributed by atoms with Crippen molar-refractivity contribution in [2.24, 2.45) is 4.40 Å². The van der Waals surface area contributed by atoms with Crippen LogP contribution in [-0.4, -0.2) is 21.7 Å². The molecule has 1 aliphatic rings. The molecule has 0 spiro atoms. The summed E-state index contributed by atoms with van der Waals surface area (Å²) in [5, 5.41) is 0. The van der Waals surface area contributed by atoms with Gasteiger partial charge in [-0.3, -0.25) is 0 Å². The number of benzene rings is 2. The van der Waals surface area contributed by atoms with E-state index in [0.29, 0.717) is 0 Å². The van der Waals surface area contributed by atoms with Crippen LogP contribution in [0.1, 0.15) is 25.0 Å². The van der Waals surface area contributed by atoms with Gasteiger partial charge in [0.05, 0.1) is 4.90 Å². The molecule has 0 aromatic heterocycles. The first-order valence-corrected chi connectivity index (χ1v) is 9.58. The monoisotopic (exact) mass is 354 g/mol. The predicted octanol–water partition coefficient (Wildman–Crippen LogP) is 4.07. The lowest BCUT2D eigenvalue weighted by Gasteiger charge is -2.23. The van der Waals surface area contributed by atoms with Crippen LogP contribution in [0.3, 0.4) is 0 Å². The van der Waals surface area contributed by atoms with Crippen LogP contribution in [0, 0.1) is 6.92 Å². The number of allylic oxidation sites excluding steroid dienone is 2. The third-order valence-electron chi connectivity index (χ3n) is 4.69. The van der Waals surface area contributed by atoms with E-state index < -0.39 is 10.0 Å². The number of sulfonamides is 1. The van der Waals surface area contributed by atoms with E-state index in [-0.39, 0.29) is 10.3 Å². The van der Waals surface area contributed by atoms with Crippen molar-refractivity contribution in [3.63, 3.8) is 0 Å². The molecule has 25 heavy (non-hydrogen) atoms. The van der Waals surface area contributed by atoms with Crippen LogP contribution in [0.25, 0.3) is 0 Å². The summed E-state index contributed by atoms with van der Waals surface area (Å²) in [5.41, 5.74) is 4.17. The first-order chi connectivity index (χ1) is 11.7. The minimum absolute atomic E-state index is 0.203. The Morgan fingerprint density at radius 1 is 1.04 bits per heavy atom. The van der Waals surface area contributed by atoms with Gasteiger partial charge in [-0.1, -0.05) is 49.7 Å². The molecule has 4 nitrogen and oxygen atoms in total. The van der Waals surface area contributed by atoms with Gasteiger partial charge in [0.25, 0.3) is 10.0 Å². The van der Waals surface area contributed by atoms with E-state index in [0.717, 1.165) is 16.9 Å². The smallest absolute Gasteiger partial charge is 0.282 e. The van der Waals surface area contributed by atoms with Gasteiger partial charge in [-0.25, -0.2) is 0 Å². The molecular weight excluding hydrogens is 332 g/mol. The topological polar surface area (TPSA) is 49.7 Å². The summed E-state index contributed by atoms with van der Waals surface area (Å²) >= 11 is 0. The maximum Gasteiger partial charge on any atom is 0.282 e. The van der Waals surface area contributed by atoms with Crippen molar-refractivity contribution in [2.45, 2.75) is 31.1 Å². The van der Waals surface area contributed by atoms with Crippen molar-refractivity contribution >= 4 is 21.9 Å². The SMILES string of the molecule is Cc1ccc(S(=O)(=O)N=CC=C2N(C)c3ccccc3C2(C)C)cc1. The maximum atomic E-state index is 12.3. The lowest BCUT2D eigenvalue weighted by atomic mass is 9.84. The molecule has 0 fully saturated rings. The molecule has 0 amide bonds. The zero-order valence-electron chi connectivity index (χ0n) is 14.9. The minimum Gasteiger partial charge on any atom is -0.347 e. The van der Waals surface area contributed by atoms with Crippen molar-refractivity contribution in [3.05, 3.63) is 71.4 Å². The summed E-state index contributed by atoms with van der Waals surface area (Å²) in [5.74, 6) is 0. The summed E-state index contributed by atoms with van der Waals surface area (Å²) in [4.78, 5) is 2.29. The molecule has 0 saturated heterocycles. The Hall–Kier alpha value is -2.40. The summed E-state index contributed by atoms with van der Waals surface area (Å²) < 4.78 is 28.5. The number of hydrogen-bond donors (Lipinski definition) is 0. The number of rotatable bonds is 3. The molecule has 0 saturated carbocycles. The highest BCUT2D eigenvalue weighted by Crippen LogP contribution is 2.46. The fraction of sp³-hybridized carbons (Fsp3) is 0.250. The van der Waals surface area contributed by atoms with Crippen molar-refractivity contribution in [1.29, 1.82) is 0 Å². The quantitative estimate of drug-likeness (QED) is 0.781. The molecule has 0 radical (unpaired) electrons. The number of fused-ring (bicyclic) bond motifs is 1. The summed E-state index contributed by atoms with van der Waals surface area (Å²) in [6.45, 7) is 6.17. The number of aryl methyl sites for hydroxylation is 1. The largest absolute Gasteiger partial charge is 0.347 e. The third kappa shape index (κ3) is 3.12. The Morgan fingerprint density at radius 3 is 2.32 bits per heavy atom. The second-order valence-electron chi connectivity index (χ2n) is 6.80. The number of nitrogens with zero attached hydrogens (tertiary/aromatic N) is 2. The standard InChI is InChI=1S/C20H22N2O2S/c1-15-9-11-16(12-10-15)25(23,24)21-14-13-19-20(2,3)17-7-5-6-8-18(17)22(19)4/h5-14H,1-4H3. The van der Waals surface area contributed by atoms with E-state index in [2.05, 4.69) is 35.3 Å². The fourth-order valence-corrected chi connectivity index (χ4v) is 4.08.